The lowest BCUT2D eigenvalue weighted by atomic mass is 10.2. The maximum atomic E-state index is 12.0. The highest BCUT2D eigenvalue weighted by Crippen LogP contribution is 2.07. The number of para-hydroxylation sites is 1. The number of rotatable bonds is 6. The summed E-state index contributed by atoms with van der Waals surface area (Å²) in [7, 11) is 1.90. The topological polar surface area (TPSA) is 58.9 Å². The van der Waals surface area contributed by atoms with Crippen molar-refractivity contribution >= 4 is 5.91 Å². The molecule has 1 heterocycles. The van der Waals surface area contributed by atoms with Gasteiger partial charge in [-0.3, -0.25) is 4.79 Å². The fourth-order valence-corrected chi connectivity index (χ4v) is 1.95. The van der Waals surface area contributed by atoms with E-state index in [9.17, 15) is 4.79 Å². The van der Waals surface area contributed by atoms with Crippen molar-refractivity contribution in [1.82, 2.24) is 20.4 Å². The summed E-state index contributed by atoms with van der Waals surface area (Å²) in [6, 6.07) is 9.73. The van der Waals surface area contributed by atoms with Gasteiger partial charge in [0.2, 0.25) is 0 Å². The summed E-state index contributed by atoms with van der Waals surface area (Å²) in [5, 5.41) is 10.2. The molecule has 1 atom stereocenters. The van der Waals surface area contributed by atoms with Crippen molar-refractivity contribution in [2.45, 2.75) is 6.92 Å². The molecule has 2 rings (SSSR count). The summed E-state index contributed by atoms with van der Waals surface area (Å²) >= 11 is 0. The van der Waals surface area contributed by atoms with E-state index in [1.165, 1.54) is 0 Å². The zero-order valence-electron chi connectivity index (χ0n) is 11.8. The van der Waals surface area contributed by atoms with Crippen LogP contribution in [0.5, 0.6) is 0 Å². The minimum atomic E-state index is -0.0878. The van der Waals surface area contributed by atoms with Gasteiger partial charge in [-0.25, -0.2) is 4.68 Å². The van der Waals surface area contributed by atoms with E-state index in [-0.39, 0.29) is 5.91 Å². The second kappa shape index (κ2) is 6.86. The van der Waals surface area contributed by atoms with E-state index in [1.807, 2.05) is 37.4 Å². The number of hydrogen-bond donors (Lipinski definition) is 2. The quantitative estimate of drug-likeness (QED) is 0.837. The molecule has 0 fully saturated rings. The van der Waals surface area contributed by atoms with E-state index in [0.29, 0.717) is 18.0 Å². The van der Waals surface area contributed by atoms with Gasteiger partial charge >= 0.3 is 0 Å². The van der Waals surface area contributed by atoms with Crippen LogP contribution in [0.1, 0.15) is 17.3 Å². The van der Waals surface area contributed by atoms with Crippen molar-refractivity contribution in [3.63, 3.8) is 0 Å². The molecule has 1 amide bonds. The zero-order chi connectivity index (χ0) is 14.4. The molecule has 1 aromatic carbocycles. The number of nitrogens with zero attached hydrogens (tertiary/aromatic N) is 2. The third-order valence-corrected chi connectivity index (χ3v) is 3.03. The van der Waals surface area contributed by atoms with Gasteiger partial charge in [0.1, 0.15) is 0 Å². The van der Waals surface area contributed by atoms with Gasteiger partial charge in [0.25, 0.3) is 5.91 Å². The molecule has 1 aromatic heterocycles. The molecule has 0 bridgehead atoms. The maximum Gasteiger partial charge on any atom is 0.254 e. The van der Waals surface area contributed by atoms with E-state index >= 15 is 0 Å². The predicted octanol–water partition coefficient (Wildman–Crippen LogP) is 1.46. The highest BCUT2D eigenvalue weighted by atomic mass is 16.1. The van der Waals surface area contributed by atoms with Gasteiger partial charge in [0.15, 0.2) is 0 Å². The Morgan fingerprint density at radius 1 is 1.30 bits per heavy atom. The SMILES string of the molecule is CNCC(C)CNC(=O)c1cnn(-c2ccccc2)c1. The Balaban J connectivity index is 1.97. The number of benzene rings is 1. The van der Waals surface area contributed by atoms with Gasteiger partial charge in [-0.15, -0.1) is 0 Å². The minimum absolute atomic E-state index is 0.0878. The van der Waals surface area contributed by atoms with Gasteiger partial charge < -0.3 is 10.6 Å². The monoisotopic (exact) mass is 272 g/mol. The van der Waals surface area contributed by atoms with Crippen LogP contribution in [-0.4, -0.2) is 35.8 Å². The van der Waals surface area contributed by atoms with Crippen molar-refractivity contribution < 1.29 is 4.79 Å². The van der Waals surface area contributed by atoms with Crippen LogP contribution in [0.25, 0.3) is 5.69 Å². The molecule has 0 spiro atoms. The van der Waals surface area contributed by atoms with Crippen molar-refractivity contribution in [1.29, 1.82) is 0 Å². The first-order valence-electron chi connectivity index (χ1n) is 6.73. The largest absolute Gasteiger partial charge is 0.352 e. The highest BCUT2D eigenvalue weighted by Gasteiger charge is 2.10. The van der Waals surface area contributed by atoms with Crippen LogP contribution in [0.2, 0.25) is 0 Å². The molecular formula is C15H20N4O. The molecule has 0 aliphatic rings. The molecule has 5 nitrogen and oxygen atoms in total. The van der Waals surface area contributed by atoms with Crippen molar-refractivity contribution in [2.24, 2.45) is 5.92 Å². The molecule has 106 valence electrons. The molecule has 0 saturated carbocycles. The van der Waals surface area contributed by atoms with Crippen LogP contribution in [-0.2, 0) is 0 Å². The summed E-state index contributed by atoms with van der Waals surface area (Å²) in [5.41, 5.74) is 1.51. The van der Waals surface area contributed by atoms with Crippen LogP contribution in [0.15, 0.2) is 42.7 Å². The van der Waals surface area contributed by atoms with Gasteiger partial charge in [0, 0.05) is 12.7 Å². The summed E-state index contributed by atoms with van der Waals surface area (Å²) in [6.45, 7) is 3.61. The van der Waals surface area contributed by atoms with Crippen LogP contribution < -0.4 is 10.6 Å². The van der Waals surface area contributed by atoms with E-state index in [1.54, 1.807) is 17.1 Å². The molecule has 20 heavy (non-hydrogen) atoms. The van der Waals surface area contributed by atoms with Crippen molar-refractivity contribution in [2.75, 3.05) is 20.1 Å². The lowest BCUT2D eigenvalue weighted by Crippen LogP contribution is -2.32. The lowest BCUT2D eigenvalue weighted by Gasteiger charge is -2.11. The molecule has 2 N–H and O–H groups in total. The zero-order valence-corrected chi connectivity index (χ0v) is 11.8. The van der Waals surface area contributed by atoms with E-state index in [0.717, 1.165) is 12.2 Å². The molecule has 5 heteroatoms. The Morgan fingerprint density at radius 3 is 2.75 bits per heavy atom. The molecule has 0 saturated heterocycles. The Kier molecular flexibility index (Phi) is 4.90. The summed E-state index contributed by atoms with van der Waals surface area (Å²) in [5.74, 6) is 0.309. The summed E-state index contributed by atoms with van der Waals surface area (Å²) < 4.78 is 1.70. The second-order valence-electron chi connectivity index (χ2n) is 4.88. The van der Waals surface area contributed by atoms with Crippen LogP contribution >= 0.6 is 0 Å². The Bertz CT molecular complexity index is 550. The van der Waals surface area contributed by atoms with Gasteiger partial charge in [-0.1, -0.05) is 25.1 Å². The third kappa shape index (κ3) is 3.68. The Hall–Kier alpha value is -2.14. The van der Waals surface area contributed by atoms with E-state index in [2.05, 4.69) is 22.7 Å². The number of carbonyl (C=O) groups is 1. The van der Waals surface area contributed by atoms with Gasteiger partial charge in [-0.2, -0.15) is 5.10 Å². The lowest BCUT2D eigenvalue weighted by molar-refractivity contribution is 0.0948. The molecule has 0 aliphatic heterocycles. The summed E-state index contributed by atoms with van der Waals surface area (Å²) in [4.78, 5) is 12.0. The number of carbonyl (C=O) groups excluding carboxylic acids is 1. The van der Waals surface area contributed by atoms with E-state index in [4.69, 9.17) is 0 Å². The van der Waals surface area contributed by atoms with Crippen molar-refractivity contribution in [3.05, 3.63) is 48.3 Å². The first kappa shape index (κ1) is 14.3. The Labute approximate surface area is 119 Å². The smallest absolute Gasteiger partial charge is 0.254 e. The maximum absolute atomic E-state index is 12.0. The predicted molar refractivity (Wildman–Crippen MR) is 79.0 cm³/mol. The molecule has 0 radical (unpaired) electrons. The van der Waals surface area contributed by atoms with Crippen molar-refractivity contribution in [3.8, 4) is 5.69 Å². The number of amides is 1. The number of aromatic nitrogens is 2. The minimum Gasteiger partial charge on any atom is -0.352 e. The van der Waals surface area contributed by atoms with Gasteiger partial charge in [0.05, 0.1) is 17.4 Å². The first-order chi connectivity index (χ1) is 9.70. The Morgan fingerprint density at radius 2 is 2.05 bits per heavy atom. The average molecular weight is 272 g/mol. The molecule has 1 unspecified atom stereocenters. The molecule has 0 aliphatic carbocycles. The third-order valence-electron chi connectivity index (χ3n) is 3.03. The highest BCUT2D eigenvalue weighted by molar-refractivity contribution is 5.93. The molecular weight excluding hydrogens is 252 g/mol. The van der Waals surface area contributed by atoms with Crippen LogP contribution in [0.3, 0.4) is 0 Å². The number of hydrogen-bond acceptors (Lipinski definition) is 3. The first-order valence-corrected chi connectivity index (χ1v) is 6.73. The van der Waals surface area contributed by atoms with Crippen LogP contribution in [0, 0.1) is 5.92 Å². The second-order valence-corrected chi connectivity index (χ2v) is 4.88. The van der Waals surface area contributed by atoms with Gasteiger partial charge in [-0.05, 0) is 31.6 Å². The number of nitrogens with one attached hydrogen (secondary N) is 2. The van der Waals surface area contributed by atoms with E-state index < -0.39 is 0 Å². The molecule has 2 aromatic rings. The summed E-state index contributed by atoms with van der Waals surface area (Å²) in [6.07, 6.45) is 3.33. The van der Waals surface area contributed by atoms with Crippen LogP contribution in [0.4, 0.5) is 0 Å². The average Bonchev–Trinajstić information content (AvgIpc) is 2.96. The fraction of sp³-hybridized carbons (Fsp3) is 0.333. The normalized spacial score (nSPS) is 12.1. The fourth-order valence-electron chi connectivity index (χ4n) is 1.95. The standard InChI is InChI=1S/C15H20N4O/c1-12(8-16-2)9-17-15(20)13-10-18-19(11-13)14-6-4-3-5-7-14/h3-7,10-12,16H,8-9H2,1-2H3,(H,17,20).